The van der Waals surface area contributed by atoms with Crippen molar-refractivity contribution in [3.8, 4) is 0 Å². The van der Waals surface area contributed by atoms with Gasteiger partial charge in [0.15, 0.2) is 0 Å². The summed E-state index contributed by atoms with van der Waals surface area (Å²) in [5.41, 5.74) is -0.537. The van der Waals surface area contributed by atoms with E-state index < -0.39 is 5.60 Å². The van der Waals surface area contributed by atoms with Gasteiger partial charge in [0, 0.05) is 19.1 Å². The maximum absolute atomic E-state index is 9.55. The molecule has 3 heteroatoms. The van der Waals surface area contributed by atoms with Gasteiger partial charge in [-0.05, 0) is 46.7 Å². The lowest BCUT2D eigenvalue weighted by atomic mass is 10.1. The van der Waals surface area contributed by atoms with Crippen molar-refractivity contribution >= 4 is 0 Å². The average Bonchev–Trinajstić information content (AvgIpc) is 2.67. The summed E-state index contributed by atoms with van der Waals surface area (Å²) in [6.07, 6.45) is 6.38. The summed E-state index contributed by atoms with van der Waals surface area (Å²) in [4.78, 5) is 2.48. The highest BCUT2D eigenvalue weighted by molar-refractivity contribution is 4.75. The van der Waals surface area contributed by atoms with Crippen LogP contribution in [0.25, 0.3) is 0 Å². The molecule has 0 heterocycles. The molecular weight excluding hydrogens is 200 g/mol. The smallest absolute Gasteiger partial charge is 0.0603 e. The van der Waals surface area contributed by atoms with E-state index in [1.165, 1.54) is 25.7 Å². The Morgan fingerprint density at radius 3 is 2.44 bits per heavy atom. The molecule has 0 aliphatic heterocycles. The van der Waals surface area contributed by atoms with Crippen molar-refractivity contribution in [2.75, 3.05) is 26.7 Å². The molecule has 1 aliphatic carbocycles. The SMILES string of the molecule is CN(CCNCCC(C)(C)O)C1CCCC1. The molecular formula is C13H28N2O. The molecule has 1 saturated carbocycles. The zero-order valence-electron chi connectivity index (χ0n) is 11.1. The highest BCUT2D eigenvalue weighted by Crippen LogP contribution is 2.21. The molecule has 0 aromatic rings. The van der Waals surface area contributed by atoms with Crippen LogP contribution < -0.4 is 5.32 Å². The molecule has 1 aliphatic rings. The van der Waals surface area contributed by atoms with E-state index in [4.69, 9.17) is 0 Å². The van der Waals surface area contributed by atoms with E-state index in [2.05, 4.69) is 17.3 Å². The molecule has 0 aromatic carbocycles. The Kier molecular flexibility index (Phi) is 5.73. The topological polar surface area (TPSA) is 35.5 Å². The highest BCUT2D eigenvalue weighted by atomic mass is 16.3. The molecule has 0 radical (unpaired) electrons. The van der Waals surface area contributed by atoms with Crippen LogP contribution in [0.2, 0.25) is 0 Å². The lowest BCUT2D eigenvalue weighted by molar-refractivity contribution is 0.0710. The first kappa shape index (κ1) is 13.9. The minimum Gasteiger partial charge on any atom is -0.390 e. The quantitative estimate of drug-likeness (QED) is 0.650. The van der Waals surface area contributed by atoms with Gasteiger partial charge in [0.05, 0.1) is 5.60 Å². The molecule has 96 valence electrons. The number of hydrogen-bond donors (Lipinski definition) is 2. The molecule has 0 bridgehead atoms. The maximum Gasteiger partial charge on any atom is 0.0603 e. The van der Waals surface area contributed by atoms with Gasteiger partial charge < -0.3 is 15.3 Å². The minimum absolute atomic E-state index is 0.537. The average molecular weight is 228 g/mol. The van der Waals surface area contributed by atoms with Crippen molar-refractivity contribution in [2.45, 2.75) is 57.6 Å². The van der Waals surface area contributed by atoms with Crippen LogP contribution in [0, 0.1) is 0 Å². The fourth-order valence-electron chi connectivity index (χ4n) is 2.30. The van der Waals surface area contributed by atoms with E-state index in [1.807, 2.05) is 13.8 Å². The van der Waals surface area contributed by atoms with Crippen molar-refractivity contribution < 1.29 is 5.11 Å². The van der Waals surface area contributed by atoms with Crippen molar-refractivity contribution in [1.29, 1.82) is 0 Å². The van der Waals surface area contributed by atoms with Gasteiger partial charge in [-0.25, -0.2) is 0 Å². The lowest BCUT2D eigenvalue weighted by Gasteiger charge is -2.24. The number of nitrogens with one attached hydrogen (secondary N) is 1. The molecule has 3 nitrogen and oxygen atoms in total. The van der Waals surface area contributed by atoms with Gasteiger partial charge in [0.2, 0.25) is 0 Å². The van der Waals surface area contributed by atoms with Gasteiger partial charge in [-0.3, -0.25) is 0 Å². The summed E-state index contributed by atoms with van der Waals surface area (Å²) >= 11 is 0. The number of hydrogen-bond acceptors (Lipinski definition) is 3. The van der Waals surface area contributed by atoms with E-state index in [0.29, 0.717) is 0 Å². The predicted octanol–water partition coefficient (Wildman–Crippen LogP) is 1.61. The van der Waals surface area contributed by atoms with Crippen LogP contribution >= 0.6 is 0 Å². The molecule has 2 N–H and O–H groups in total. The normalized spacial score (nSPS) is 18.6. The maximum atomic E-state index is 9.55. The van der Waals surface area contributed by atoms with Crippen LogP contribution in [-0.2, 0) is 0 Å². The summed E-state index contributed by atoms with van der Waals surface area (Å²) < 4.78 is 0. The van der Waals surface area contributed by atoms with E-state index >= 15 is 0 Å². The molecule has 0 amide bonds. The Hall–Kier alpha value is -0.120. The minimum atomic E-state index is -0.537. The van der Waals surface area contributed by atoms with Crippen molar-refractivity contribution in [3.05, 3.63) is 0 Å². The molecule has 1 rings (SSSR count). The molecule has 0 unspecified atom stereocenters. The van der Waals surface area contributed by atoms with Crippen LogP contribution in [-0.4, -0.2) is 48.3 Å². The van der Waals surface area contributed by atoms with E-state index in [-0.39, 0.29) is 0 Å². The third kappa shape index (κ3) is 5.83. The van der Waals surface area contributed by atoms with Gasteiger partial charge in [-0.2, -0.15) is 0 Å². The first-order chi connectivity index (χ1) is 7.49. The van der Waals surface area contributed by atoms with Gasteiger partial charge in [0.25, 0.3) is 0 Å². The second kappa shape index (κ2) is 6.58. The molecule has 0 spiro atoms. The number of aliphatic hydroxyl groups is 1. The Morgan fingerprint density at radius 2 is 1.88 bits per heavy atom. The largest absolute Gasteiger partial charge is 0.390 e. The van der Waals surface area contributed by atoms with E-state index in [1.54, 1.807) is 0 Å². The van der Waals surface area contributed by atoms with Gasteiger partial charge >= 0.3 is 0 Å². The summed E-state index contributed by atoms with van der Waals surface area (Å²) in [7, 11) is 2.23. The monoisotopic (exact) mass is 228 g/mol. The third-order valence-corrected chi connectivity index (χ3v) is 3.50. The van der Waals surface area contributed by atoms with Crippen molar-refractivity contribution in [2.24, 2.45) is 0 Å². The van der Waals surface area contributed by atoms with Gasteiger partial charge in [0.1, 0.15) is 0 Å². The number of likely N-dealkylation sites (N-methyl/N-ethyl adjacent to an activating group) is 1. The van der Waals surface area contributed by atoms with Crippen LogP contribution in [0.1, 0.15) is 46.0 Å². The van der Waals surface area contributed by atoms with E-state index in [0.717, 1.165) is 32.1 Å². The number of rotatable bonds is 7. The molecule has 16 heavy (non-hydrogen) atoms. The molecule has 0 saturated heterocycles. The van der Waals surface area contributed by atoms with Crippen LogP contribution in [0.3, 0.4) is 0 Å². The number of nitrogens with zero attached hydrogens (tertiary/aromatic N) is 1. The summed E-state index contributed by atoms with van der Waals surface area (Å²) in [5, 5.41) is 12.9. The Bertz CT molecular complexity index is 183. The highest BCUT2D eigenvalue weighted by Gasteiger charge is 2.18. The zero-order chi connectivity index (χ0) is 12.0. The van der Waals surface area contributed by atoms with Crippen molar-refractivity contribution in [1.82, 2.24) is 10.2 Å². The van der Waals surface area contributed by atoms with Crippen LogP contribution in [0.5, 0.6) is 0 Å². The van der Waals surface area contributed by atoms with Gasteiger partial charge in [-0.15, -0.1) is 0 Å². The third-order valence-electron chi connectivity index (χ3n) is 3.50. The first-order valence-corrected chi connectivity index (χ1v) is 6.62. The molecule has 1 fully saturated rings. The first-order valence-electron chi connectivity index (χ1n) is 6.62. The summed E-state index contributed by atoms with van der Waals surface area (Å²) in [6.45, 7) is 6.78. The Balaban J connectivity index is 1.98. The summed E-state index contributed by atoms with van der Waals surface area (Å²) in [6, 6.07) is 0.816. The second-order valence-corrected chi connectivity index (χ2v) is 5.73. The Labute approximate surface area is 100 Å². The molecule has 0 atom stereocenters. The standard InChI is InChI=1S/C13H28N2O/c1-13(2,16)8-9-14-10-11-15(3)12-6-4-5-7-12/h12,14,16H,4-11H2,1-3H3. The fraction of sp³-hybridized carbons (Fsp3) is 1.00. The van der Waals surface area contributed by atoms with Crippen molar-refractivity contribution in [3.63, 3.8) is 0 Å². The summed E-state index contributed by atoms with van der Waals surface area (Å²) in [5.74, 6) is 0. The Morgan fingerprint density at radius 1 is 1.25 bits per heavy atom. The second-order valence-electron chi connectivity index (χ2n) is 5.73. The predicted molar refractivity (Wildman–Crippen MR) is 68.7 cm³/mol. The zero-order valence-corrected chi connectivity index (χ0v) is 11.1. The fourth-order valence-corrected chi connectivity index (χ4v) is 2.30. The van der Waals surface area contributed by atoms with Gasteiger partial charge in [-0.1, -0.05) is 12.8 Å². The lowest BCUT2D eigenvalue weighted by Crippen LogP contribution is -2.36. The van der Waals surface area contributed by atoms with Crippen LogP contribution in [0.15, 0.2) is 0 Å². The van der Waals surface area contributed by atoms with E-state index in [9.17, 15) is 5.11 Å². The van der Waals surface area contributed by atoms with Crippen LogP contribution in [0.4, 0.5) is 0 Å². The molecule has 0 aromatic heterocycles.